The standard InChI is InChI=1S/C30H27F3N6O2S2/c1-18(2)24-6-4-5-7-25(24)39-26(40)16-43-29(39)36-28(42)35-19(3)20-8-10-21(11-9-20)27-34-17-38(37-27)22-12-14-23(15-13-22)41-30(31,32)33/h4-15,17-19H,16H2,1-3H3,(H,35,42). The summed E-state index contributed by atoms with van der Waals surface area (Å²) >= 11 is 6.90. The number of amidine groups is 1. The van der Waals surface area contributed by atoms with Crippen LogP contribution in [0.4, 0.5) is 18.9 Å². The highest BCUT2D eigenvalue weighted by atomic mass is 32.2. The summed E-state index contributed by atoms with van der Waals surface area (Å²) < 4.78 is 42.6. The van der Waals surface area contributed by atoms with E-state index in [1.54, 1.807) is 4.90 Å². The molecular formula is C30H27F3N6O2S2. The number of aromatic nitrogens is 3. The third kappa shape index (κ3) is 7.23. The van der Waals surface area contributed by atoms with Crippen molar-refractivity contribution in [1.29, 1.82) is 0 Å². The van der Waals surface area contributed by atoms with Crippen LogP contribution in [0.3, 0.4) is 0 Å². The molecule has 1 aromatic heterocycles. The second kappa shape index (κ2) is 12.6. The van der Waals surface area contributed by atoms with Crippen LogP contribution in [0, 0.1) is 0 Å². The molecular weight excluding hydrogens is 597 g/mol. The molecule has 0 saturated carbocycles. The second-order valence-electron chi connectivity index (χ2n) is 9.97. The van der Waals surface area contributed by atoms with Crippen LogP contribution in [0.1, 0.15) is 43.9 Å². The van der Waals surface area contributed by atoms with Gasteiger partial charge < -0.3 is 10.1 Å². The van der Waals surface area contributed by atoms with Crippen LogP contribution in [0.2, 0.25) is 0 Å². The van der Waals surface area contributed by atoms with Gasteiger partial charge in [-0.1, -0.05) is 68.1 Å². The molecule has 1 aliphatic rings. The number of ether oxygens (including phenoxy) is 1. The van der Waals surface area contributed by atoms with Crippen LogP contribution in [0.25, 0.3) is 17.1 Å². The molecule has 1 N–H and O–H groups in total. The zero-order valence-electron chi connectivity index (χ0n) is 23.4. The summed E-state index contributed by atoms with van der Waals surface area (Å²) in [7, 11) is 0. The molecule has 0 aliphatic carbocycles. The number of nitrogens with one attached hydrogen (secondary N) is 1. The van der Waals surface area contributed by atoms with Gasteiger partial charge in [-0.25, -0.2) is 9.67 Å². The topological polar surface area (TPSA) is 84.6 Å². The summed E-state index contributed by atoms with van der Waals surface area (Å²) in [6.07, 6.45) is -3.27. The van der Waals surface area contributed by atoms with E-state index in [-0.39, 0.29) is 28.7 Å². The van der Waals surface area contributed by atoms with E-state index in [4.69, 9.17) is 12.2 Å². The van der Waals surface area contributed by atoms with Gasteiger partial charge in [0.15, 0.2) is 16.1 Å². The predicted octanol–water partition coefficient (Wildman–Crippen LogP) is 7.03. The van der Waals surface area contributed by atoms with Gasteiger partial charge in [0.2, 0.25) is 5.91 Å². The Kier molecular flexibility index (Phi) is 8.83. The lowest BCUT2D eigenvalue weighted by atomic mass is 10.0. The molecule has 1 atom stereocenters. The highest BCUT2D eigenvalue weighted by molar-refractivity contribution is 8.15. The molecule has 0 spiro atoms. The van der Waals surface area contributed by atoms with E-state index in [1.165, 1.54) is 47.0 Å². The monoisotopic (exact) mass is 624 g/mol. The molecule has 3 aromatic carbocycles. The first kappa shape index (κ1) is 30.2. The minimum atomic E-state index is -4.75. The van der Waals surface area contributed by atoms with Gasteiger partial charge >= 0.3 is 6.36 Å². The minimum Gasteiger partial charge on any atom is -0.406 e. The summed E-state index contributed by atoms with van der Waals surface area (Å²) in [5, 5.41) is 8.49. The number of halogens is 3. The summed E-state index contributed by atoms with van der Waals surface area (Å²) in [6, 6.07) is 20.6. The third-order valence-electron chi connectivity index (χ3n) is 6.60. The molecule has 43 heavy (non-hydrogen) atoms. The Morgan fingerprint density at radius 1 is 1.05 bits per heavy atom. The average molecular weight is 625 g/mol. The van der Waals surface area contributed by atoms with Crippen molar-refractivity contribution in [3.05, 3.63) is 90.3 Å². The fourth-order valence-corrected chi connectivity index (χ4v) is 5.68. The number of thioether (sulfide) groups is 1. The zero-order chi connectivity index (χ0) is 30.7. The first-order chi connectivity index (χ1) is 20.5. The highest BCUT2D eigenvalue weighted by Gasteiger charge is 2.32. The van der Waals surface area contributed by atoms with Crippen LogP contribution in [0.15, 0.2) is 84.1 Å². The largest absolute Gasteiger partial charge is 0.573 e. The average Bonchev–Trinajstić information content (AvgIpc) is 3.59. The number of alkyl halides is 3. The maximum Gasteiger partial charge on any atom is 0.573 e. The zero-order valence-corrected chi connectivity index (χ0v) is 25.0. The molecule has 1 amide bonds. The fraction of sp³-hybridized carbons (Fsp3) is 0.233. The normalized spacial score (nSPS) is 15.3. The van der Waals surface area contributed by atoms with Gasteiger partial charge in [-0.05, 0) is 66.5 Å². The number of amides is 1. The molecule has 222 valence electrons. The summed E-state index contributed by atoms with van der Waals surface area (Å²) in [4.78, 5) is 23.3. The van der Waals surface area contributed by atoms with E-state index < -0.39 is 6.36 Å². The van der Waals surface area contributed by atoms with E-state index in [2.05, 4.69) is 39.0 Å². The van der Waals surface area contributed by atoms with Gasteiger partial charge in [-0.3, -0.25) is 9.69 Å². The van der Waals surface area contributed by atoms with Gasteiger partial charge in [0.25, 0.3) is 0 Å². The lowest BCUT2D eigenvalue weighted by Crippen LogP contribution is -2.32. The molecule has 1 fully saturated rings. The Labute approximate surface area is 256 Å². The number of para-hydroxylation sites is 1. The molecule has 4 aromatic rings. The van der Waals surface area contributed by atoms with Crippen molar-refractivity contribution in [2.45, 2.75) is 39.1 Å². The number of aliphatic imine (C=N–C) groups is 1. The van der Waals surface area contributed by atoms with Crippen molar-refractivity contribution >= 4 is 45.9 Å². The molecule has 5 rings (SSSR count). The second-order valence-corrected chi connectivity index (χ2v) is 11.3. The quantitative estimate of drug-likeness (QED) is 0.221. The molecule has 1 aliphatic heterocycles. The highest BCUT2D eigenvalue weighted by Crippen LogP contribution is 2.33. The number of hydrogen-bond donors (Lipinski definition) is 1. The first-order valence-electron chi connectivity index (χ1n) is 13.3. The van der Waals surface area contributed by atoms with Crippen LogP contribution < -0.4 is 15.0 Å². The van der Waals surface area contributed by atoms with Crippen molar-refractivity contribution in [3.63, 3.8) is 0 Å². The Morgan fingerprint density at radius 3 is 2.42 bits per heavy atom. The molecule has 1 unspecified atom stereocenters. The maximum atomic E-state index is 12.8. The van der Waals surface area contributed by atoms with Crippen molar-refractivity contribution in [1.82, 2.24) is 20.1 Å². The van der Waals surface area contributed by atoms with Gasteiger partial charge in [-0.15, -0.1) is 18.3 Å². The van der Waals surface area contributed by atoms with E-state index in [0.29, 0.717) is 22.4 Å². The molecule has 8 nitrogen and oxygen atoms in total. The maximum absolute atomic E-state index is 12.8. The molecule has 13 heteroatoms. The summed E-state index contributed by atoms with van der Waals surface area (Å²) in [5.74, 6) is 0.638. The number of thiocarbonyl (C=S) groups is 1. The van der Waals surface area contributed by atoms with Crippen LogP contribution >= 0.6 is 24.0 Å². The van der Waals surface area contributed by atoms with Crippen molar-refractivity contribution in [2.75, 3.05) is 10.7 Å². The van der Waals surface area contributed by atoms with Crippen LogP contribution in [-0.4, -0.2) is 43.1 Å². The summed E-state index contributed by atoms with van der Waals surface area (Å²) in [5.41, 5.74) is 4.12. The van der Waals surface area contributed by atoms with Crippen molar-refractivity contribution in [3.8, 4) is 22.8 Å². The van der Waals surface area contributed by atoms with E-state index in [1.807, 2.05) is 55.5 Å². The Morgan fingerprint density at radius 2 is 1.74 bits per heavy atom. The fourth-order valence-electron chi connectivity index (χ4n) is 4.49. The lowest BCUT2D eigenvalue weighted by Gasteiger charge is -2.22. The third-order valence-corrected chi connectivity index (χ3v) is 7.73. The van der Waals surface area contributed by atoms with Gasteiger partial charge in [0.05, 0.1) is 23.2 Å². The minimum absolute atomic E-state index is 0.0353. The number of rotatable bonds is 7. The van der Waals surface area contributed by atoms with Gasteiger partial charge in [0, 0.05) is 5.56 Å². The van der Waals surface area contributed by atoms with E-state index in [0.717, 1.165) is 22.4 Å². The van der Waals surface area contributed by atoms with E-state index in [9.17, 15) is 18.0 Å². The summed E-state index contributed by atoms with van der Waals surface area (Å²) in [6.45, 7) is 6.13. The van der Waals surface area contributed by atoms with Gasteiger partial charge in [0.1, 0.15) is 12.1 Å². The molecule has 2 heterocycles. The number of hydrogen-bond acceptors (Lipinski definition) is 6. The number of carbonyl (C=O) groups excluding carboxylic acids is 1. The predicted molar refractivity (Wildman–Crippen MR) is 166 cm³/mol. The van der Waals surface area contributed by atoms with Crippen LogP contribution in [-0.2, 0) is 4.79 Å². The number of benzene rings is 3. The number of anilines is 1. The van der Waals surface area contributed by atoms with Crippen LogP contribution in [0.5, 0.6) is 5.75 Å². The Hall–Kier alpha value is -4.23. The molecule has 1 saturated heterocycles. The molecule has 0 bridgehead atoms. The number of carbonyl (C=O) groups is 1. The SMILES string of the molecule is CC(C)c1ccccc1N1C(=O)CSC1=NC(=S)NC(C)c1ccc(-c2ncn(-c3ccc(OC(F)(F)F)cc3)n2)cc1. The van der Waals surface area contributed by atoms with Crippen molar-refractivity contribution < 1.29 is 22.7 Å². The smallest absolute Gasteiger partial charge is 0.406 e. The van der Waals surface area contributed by atoms with Gasteiger partial charge in [-0.2, -0.15) is 4.99 Å². The number of nitrogens with zero attached hydrogens (tertiary/aromatic N) is 5. The van der Waals surface area contributed by atoms with Crippen molar-refractivity contribution in [2.24, 2.45) is 4.99 Å². The molecule has 0 radical (unpaired) electrons. The Bertz CT molecular complexity index is 1650. The Balaban J connectivity index is 1.24. The lowest BCUT2D eigenvalue weighted by molar-refractivity contribution is -0.274. The van der Waals surface area contributed by atoms with E-state index >= 15 is 0 Å². The first-order valence-corrected chi connectivity index (χ1v) is 14.7.